The second-order valence-electron chi connectivity index (χ2n) is 5.17. The molecule has 0 bridgehead atoms. The van der Waals surface area contributed by atoms with E-state index in [1.807, 2.05) is 0 Å². The van der Waals surface area contributed by atoms with Crippen molar-refractivity contribution in [3.05, 3.63) is 56.6 Å². The van der Waals surface area contributed by atoms with Crippen LogP contribution in [-0.4, -0.2) is 30.5 Å². The lowest BCUT2D eigenvalue weighted by Crippen LogP contribution is -2.16. The molecule has 0 unspecified atom stereocenters. The summed E-state index contributed by atoms with van der Waals surface area (Å²) in [6.45, 7) is -3.26. The van der Waals surface area contributed by atoms with E-state index in [0.717, 1.165) is 13.2 Å². The maximum Gasteiger partial charge on any atom is 0.387 e. The van der Waals surface area contributed by atoms with Gasteiger partial charge in [-0.2, -0.15) is 8.78 Å². The molecule has 0 aromatic heterocycles. The minimum Gasteiger partial charge on any atom is -0.493 e. The van der Waals surface area contributed by atoms with Gasteiger partial charge in [-0.05, 0) is 18.2 Å². The summed E-state index contributed by atoms with van der Waals surface area (Å²) in [5, 5.41) is 13.6. The van der Waals surface area contributed by atoms with Crippen LogP contribution in [0.2, 0.25) is 5.02 Å². The second-order valence-corrected chi connectivity index (χ2v) is 5.58. The molecule has 0 radical (unpaired) electrons. The number of carbonyl (C=O) groups excluding carboxylic acids is 2. The first kappa shape index (κ1) is 20.8. The fraction of sp³-hybridized carbons (Fsp3) is 0.125. The van der Waals surface area contributed by atoms with Crippen LogP contribution in [0.15, 0.2) is 30.3 Å². The molecule has 2 aromatic carbocycles. The zero-order valence-corrected chi connectivity index (χ0v) is 14.8. The van der Waals surface area contributed by atoms with Crippen molar-refractivity contribution in [3.8, 4) is 11.5 Å². The topological polar surface area (TPSA) is 134 Å². The number of carbonyl (C=O) groups is 2. The number of hydrogen-bond acceptors (Lipinski definition) is 6. The van der Waals surface area contributed by atoms with Crippen molar-refractivity contribution in [1.29, 1.82) is 0 Å². The van der Waals surface area contributed by atoms with Gasteiger partial charge in [-0.3, -0.25) is 19.7 Å². The molecular weight excluding hydrogens is 404 g/mol. The van der Waals surface area contributed by atoms with Crippen LogP contribution < -0.4 is 20.5 Å². The fourth-order valence-corrected chi connectivity index (χ4v) is 2.43. The van der Waals surface area contributed by atoms with E-state index in [1.54, 1.807) is 0 Å². The number of hydrogen-bond donors (Lipinski definition) is 2. The monoisotopic (exact) mass is 415 g/mol. The van der Waals surface area contributed by atoms with Crippen molar-refractivity contribution in [1.82, 2.24) is 0 Å². The zero-order valence-electron chi connectivity index (χ0n) is 14.1. The molecule has 0 atom stereocenters. The molecule has 0 heterocycles. The van der Waals surface area contributed by atoms with E-state index >= 15 is 0 Å². The molecule has 2 aromatic rings. The lowest BCUT2D eigenvalue weighted by molar-refractivity contribution is -0.385. The van der Waals surface area contributed by atoms with E-state index in [-0.39, 0.29) is 22.0 Å². The summed E-state index contributed by atoms with van der Waals surface area (Å²) in [5.74, 6) is -2.73. The van der Waals surface area contributed by atoms with Crippen LogP contribution in [0.4, 0.5) is 20.2 Å². The molecule has 0 spiro atoms. The molecule has 12 heteroatoms. The number of nitro benzene ring substituents is 1. The maximum absolute atomic E-state index is 12.5. The number of alkyl halides is 2. The summed E-state index contributed by atoms with van der Waals surface area (Å²) >= 11 is 5.82. The highest BCUT2D eigenvalue weighted by atomic mass is 35.5. The molecule has 148 valence electrons. The Morgan fingerprint density at radius 3 is 2.43 bits per heavy atom. The van der Waals surface area contributed by atoms with Gasteiger partial charge >= 0.3 is 6.61 Å². The number of ether oxygens (including phenoxy) is 2. The molecule has 2 amide bonds. The molecule has 9 nitrogen and oxygen atoms in total. The van der Waals surface area contributed by atoms with Crippen LogP contribution in [0.25, 0.3) is 0 Å². The fourth-order valence-electron chi connectivity index (χ4n) is 2.22. The second kappa shape index (κ2) is 8.48. The lowest BCUT2D eigenvalue weighted by Gasteiger charge is -2.12. The summed E-state index contributed by atoms with van der Waals surface area (Å²) in [4.78, 5) is 34.2. The van der Waals surface area contributed by atoms with Crippen molar-refractivity contribution in [2.45, 2.75) is 6.61 Å². The van der Waals surface area contributed by atoms with Gasteiger partial charge in [-0.25, -0.2) is 0 Å². The number of amides is 2. The van der Waals surface area contributed by atoms with Crippen molar-refractivity contribution in [2.24, 2.45) is 5.73 Å². The Hall–Kier alpha value is -3.47. The SMILES string of the molecule is COc1cc(C(=O)Nc2ccc(Cl)c(C(N)=O)c2)c([N+](=O)[O-])cc1OC(F)F. The molecule has 28 heavy (non-hydrogen) atoms. The summed E-state index contributed by atoms with van der Waals surface area (Å²) in [7, 11) is 1.11. The van der Waals surface area contributed by atoms with Crippen LogP contribution in [0.5, 0.6) is 11.5 Å². The molecule has 0 aliphatic carbocycles. The smallest absolute Gasteiger partial charge is 0.387 e. The predicted octanol–water partition coefficient (Wildman–Crippen LogP) is 3.21. The molecule has 0 fully saturated rings. The summed E-state index contributed by atoms with van der Waals surface area (Å²) in [6, 6.07) is 5.35. The first-order valence-corrected chi connectivity index (χ1v) is 7.73. The van der Waals surface area contributed by atoms with Crippen molar-refractivity contribution in [3.63, 3.8) is 0 Å². The highest BCUT2D eigenvalue weighted by molar-refractivity contribution is 6.34. The van der Waals surface area contributed by atoms with Gasteiger partial charge in [0.2, 0.25) is 5.91 Å². The van der Waals surface area contributed by atoms with Crippen LogP contribution in [-0.2, 0) is 0 Å². The predicted molar refractivity (Wildman–Crippen MR) is 94.2 cm³/mol. The molecule has 0 saturated heterocycles. The number of nitro groups is 1. The third kappa shape index (κ3) is 4.62. The van der Waals surface area contributed by atoms with Crippen molar-refractivity contribution < 1.29 is 32.8 Å². The Bertz CT molecular complexity index is 954. The Morgan fingerprint density at radius 2 is 1.89 bits per heavy atom. The Kier molecular flexibility index (Phi) is 6.31. The third-order valence-electron chi connectivity index (χ3n) is 3.43. The van der Waals surface area contributed by atoms with Crippen LogP contribution in [0.3, 0.4) is 0 Å². The quantitative estimate of drug-likeness (QED) is 0.526. The first-order valence-electron chi connectivity index (χ1n) is 7.36. The number of halogens is 3. The van der Waals surface area contributed by atoms with E-state index in [9.17, 15) is 28.5 Å². The number of rotatable bonds is 7. The number of nitrogens with one attached hydrogen (secondary N) is 1. The average Bonchev–Trinajstić information content (AvgIpc) is 2.62. The highest BCUT2D eigenvalue weighted by Crippen LogP contribution is 2.36. The zero-order chi connectivity index (χ0) is 21.0. The molecule has 0 aliphatic heterocycles. The number of nitrogens with zero attached hydrogens (tertiary/aromatic N) is 1. The van der Waals surface area contributed by atoms with E-state index in [2.05, 4.69) is 10.1 Å². The Morgan fingerprint density at radius 1 is 1.21 bits per heavy atom. The number of primary amides is 1. The van der Waals surface area contributed by atoms with Gasteiger partial charge in [0, 0.05) is 11.8 Å². The lowest BCUT2D eigenvalue weighted by atomic mass is 10.1. The number of methoxy groups -OCH3 is 1. The van der Waals surface area contributed by atoms with Gasteiger partial charge in [0.05, 0.1) is 28.7 Å². The number of nitrogens with two attached hydrogens (primary N) is 1. The van der Waals surface area contributed by atoms with Gasteiger partial charge in [0.1, 0.15) is 5.56 Å². The van der Waals surface area contributed by atoms with E-state index in [1.165, 1.54) is 18.2 Å². The standard InChI is InChI=1S/C16H12ClF2N3O6/c1-27-12-5-9(11(22(25)26)6-13(12)28-16(18)19)15(24)21-7-2-3-10(17)8(4-7)14(20)23/h2-6,16H,1H3,(H2,20,23)(H,21,24). The number of benzene rings is 2. The van der Waals surface area contributed by atoms with E-state index < -0.39 is 40.3 Å². The molecule has 0 aliphatic rings. The molecular formula is C16H12ClF2N3O6. The maximum atomic E-state index is 12.5. The van der Waals surface area contributed by atoms with Crippen LogP contribution >= 0.6 is 11.6 Å². The van der Waals surface area contributed by atoms with Gasteiger partial charge in [-0.1, -0.05) is 11.6 Å². The van der Waals surface area contributed by atoms with E-state index in [0.29, 0.717) is 6.07 Å². The molecule has 3 N–H and O–H groups in total. The van der Waals surface area contributed by atoms with Crippen LogP contribution in [0, 0.1) is 10.1 Å². The highest BCUT2D eigenvalue weighted by Gasteiger charge is 2.26. The summed E-state index contributed by atoms with van der Waals surface area (Å²) in [5.41, 5.74) is 3.88. The molecule has 2 rings (SSSR count). The summed E-state index contributed by atoms with van der Waals surface area (Å²) in [6.07, 6.45) is 0. The minimum atomic E-state index is -3.26. The largest absolute Gasteiger partial charge is 0.493 e. The number of anilines is 1. The first-order chi connectivity index (χ1) is 13.1. The van der Waals surface area contributed by atoms with Gasteiger partial charge in [0.15, 0.2) is 11.5 Å². The molecule has 0 saturated carbocycles. The summed E-state index contributed by atoms with van der Waals surface area (Å²) < 4.78 is 34.0. The third-order valence-corrected chi connectivity index (χ3v) is 3.76. The van der Waals surface area contributed by atoms with Crippen LogP contribution in [0.1, 0.15) is 20.7 Å². The van der Waals surface area contributed by atoms with Gasteiger partial charge in [0.25, 0.3) is 11.6 Å². The van der Waals surface area contributed by atoms with Crippen molar-refractivity contribution in [2.75, 3.05) is 12.4 Å². The minimum absolute atomic E-state index is 0.0478. The van der Waals surface area contributed by atoms with Crippen molar-refractivity contribution >= 4 is 34.8 Å². The Labute approximate surface area is 161 Å². The van der Waals surface area contributed by atoms with Gasteiger partial charge < -0.3 is 20.5 Å². The van der Waals surface area contributed by atoms with Gasteiger partial charge in [-0.15, -0.1) is 0 Å². The average molecular weight is 416 g/mol. The Balaban J connectivity index is 2.45. The normalized spacial score (nSPS) is 10.5. The van der Waals surface area contributed by atoms with E-state index in [4.69, 9.17) is 22.1 Å².